The average molecular weight is 275 g/mol. The van der Waals surface area contributed by atoms with Gasteiger partial charge < -0.3 is 15.2 Å². The van der Waals surface area contributed by atoms with Crippen molar-refractivity contribution in [2.45, 2.75) is 25.5 Å². The van der Waals surface area contributed by atoms with Gasteiger partial charge in [0.25, 0.3) is 0 Å². The Morgan fingerprint density at radius 1 is 1.50 bits per heavy atom. The lowest BCUT2D eigenvalue weighted by Gasteiger charge is -2.12. The van der Waals surface area contributed by atoms with Gasteiger partial charge in [0.15, 0.2) is 5.82 Å². The number of ether oxygens (including phenoxy) is 2. The molecule has 3 rings (SSSR count). The summed E-state index contributed by atoms with van der Waals surface area (Å²) in [7, 11) is 1.60. The number of methoxy groups -OCH3 is 1. The lowest BCUT2D eigenvalue weighted by Crippen LogP contribution is -2.17. The van der Waals surface area contributed by atoms with E-state index in [1.54, 1.807) is 17.9 Å². The van der Waals surface area contributed by atoms with Gasteiger partial charge in [-0.15, -0.1) is 5.10 Å². The van der Waals surface area contributed by atoms with Crippen LogP contribution < -0.4 is 10.5 Å². The summed E-state index contributed by atoms with van der Waals surface area (Å²) in [5.41, 5.74) is 7.23. The second kappa shape index (κ2) is 5.46. The van der Waals surface area contributed by atoms with Crippen molar-refractivity contribution in [3.63, 3.8) is 0 Å². The fraction of sp³-hybridized carbons (Fsp3) is 0.462. The molecule has 106 valence electrons. The number of nitrogens with two attached hydrogens (primary N) is 1. The van der Waals surface area contributed by atoms with E-state index in [1.807, 2.05) is 12.1 Å². The highest BCUT2D eigenvalue weighted by Gasteiger charge is 2.20. The van der Waals surface area contributed by atoms with Gasteiger partial charge in [0.1, 0.15) is 5.75 Å². The predicted molar refractivity (Wildman–Crippen MR) is 73.2 cm³/mol. The first-order chi connectivity index (χ1) is 9.78. The van der Waals surface area contributed by atoms with Crippen molar-refractivity contribution in [2.24, 2.45) is 0 Å². The first kappa shape index (κ1) is 12.9. The molecular weight excluding hydrogens is 258 g/mol. The summed E-state index contributed by atoms with van der Waals surface area (Å²) in [4.78, 5) is 0. The van der Waals surface area contributed by atoms with E-state index < -0.39 is 0 Å². The molecule has 1 aliphatic rings. The van der Waals surface area contributed by atoms with Crippen molar-refractivity contribution >= 4 is 5.69 Å². The van der Waals surface area contributed by atoms with E-state index >= 15 is 0 Å². The van der Waals surface area contributed by atoms with Crippen molar-refractivity contribution in [3.05, 3.63) is 18.2 Å². The Labute approximate surface area is 116 Å². The molecule has 0 spiro atoms. The number of hydrogen-bond donors (Lipinski definition) is 1. The molecule has 1 aromatic heterocycles. The second-order valence-corrected chi connectivity index (χ2v) is 4.78. The van der Waals surface area contributed by atoms with Crippen LogP contribution in [0, 0.1) is 0 Å². The lowest BCUT2D eigenvalue weighted by molar-refractivity contribution is 0.0939. The summed E-state index contributed by atoms with van der Waals surface area (Å²) < 4.78 is 12.7. The Morgan fingerprint density at radius 3 is 3.15 bits per heavy atom. The molecule has 1 fully saturated rings. The third-order valence-corrected chi connectivity index (χ3v) is 3.40. The summed E-state index contributed by atoms with van der Waals surface area (Å²) in [5, 5.41) is 11.9. The molecule has 7 heteroatoms. The summed E-state index contributed by atoms with van der Waals surface area (Å²) in [6.07, 6.45) is 2.31. The topological polar surface area (TPSA) is 88.1 Å². The monoisotopic (exact) mass is 275 g/mol. The summed E-state index contributed by atoms with van der Waals surface area (Å²) in [6, 6.07) is 5.44. The van der Waals surface area contributed by atoms with E-state index in [4.69, 9.17) is 15.2 Å². The van der Waals surface area contributed by atoms with Gasteiger partial charge in [-0.2, -0.15) is 0 Å². The Bertz CT molecular complexity index is 592. The standard InChI is InChI=1S/C13H17N5O2/c1-19-12-7-9(14)4-5-11(12)13-15-16-17-18(13)8-10-3-2-6-20-10/h4-5,7,10H,2-3,6,8,14H2,1H3. The molecular formula is C13H17N5O2. The fourth-order valence-corrected chi connectivity index (χ4v) is 2.39. The zero-order valence-corrected chi connectivity index (χ0v) is 11.3. The van der Waals surface area contributed by atoms with Crippen molar-refractivity contribution in [1.82, 2.24) is 20.2 Å². The normalized spacial score (nSPS) is 18.4. The van der Waals surface area contributed by atoms with Crippen LogP contribution in [0.1, 0.15) is 12.8 Å². The van der Waals surface area contributed by atoms with Crippen LogP contribution in [0.2, 0.25) is 0 Å². The summed E-state index contributed by atoms with van der Waals surface area (Å²) in [5.74, 6) is 1.32. The smallest absolute Gasteiger partial charge is 0.185 e. The molecule has 0 aliphatic carbocycles. The second-order valence-electron chi connectivity index (χ2n) is 4.78. The molecule has 0 amide bonds. The Morgan fingerprint density at radius 2 is 2.40 bits per heavy atom. The van der Waals surface area contributed by atoms with Crippen LogP contribution in [-0.2, 0) is 11.3 Å². The van der Waals surface area contributed by atoms with Crippen LogP contribution in [-0.4, -0.2) is 40.0 Å². The maximum atomic E-state index is 5.77. The molecule has 1 atom stereocenters. The van der Waals surface area contributed by atoms with Crippen LogP contribution in [0.4, 0.5) is 5.69 Å². The molecule has 2 heterocycles. The van der Waals surface area contributed by atoms with Crippen molar-refractivity contribution in [2.75, 3.05) is 19.5 Å². The van der Waals surface area contributed by atoms with Gasteiger partial charge >= 0.3 is 0 Å². The molecule has 20 heavy (non-hydrogen) atoms. The Hall–Kier alpha value is -2.15. The van der Waals surface area contributed by atoms with Crippen molar-refractivity contribution < 1.29 is 9.47 Å². The van der Waals surface area contributed by atoms with E-state index in [0.29, 0.717) is 23.8 Å². The third-order valence-electron chi connectivity index (χ3n) is 3.40. The Kier molecular flexibility index (Phi) is 3.51. The maximum absolute atomic E-state index is 5.77. The highest BCUT2D eigenvalue weighted by Crippen LogP contribution is 2.30. The predicted octanol–water partition coefficient (Wildman–Crippen LogP) is 1.11. The summed E-state index contributed by atoms with van der Waals surface area (Å²) in [6.45, 7) is 1.46. The number of nitrogens with zero attached hydrogens (tertiary/aromatic N) is 4. The van der Waals surface area contributed by atoms with E-state index in [9.17, 15) is 0 Å². The van der Waals surface area contributed by atoms with Crippen LogP contribution >= 0.6 is 0 Å². The number of rotatable bonds is 4. The van der Waals surface area contributed by atoms with Gasteiger partial charge in [-0.25, -0.2) is 4.68 Å². The number of hydrogen-bond acceptors (Lipinski definition) is 6. The van der Waals surface area contributed by atoms with Gasteiger partial charge in [0.2, 0.25) is 0 Å². The number of benzene rings is 1. The van der Waals surface area contributed by atoms with Gasteiger partial charge in [0, 0.05) is 18.4 Å². The highest BCUT2D eigenvalue weighted by atomic mass is 16.5. The zero-order valence-electron chi connectivity index (χ0n) is 11.3. The molecule has 0 bridgehead atoms. The average Bonchev–Trinajstić information content (AvgIpc) is 3.11. The first-order valence-corrected chi connectivity index (χ1v) is 6.59. The number of aromatic nitrogens is 4. The van der Waals surface area contributed by atoms with Gasteiger partial charge in [-0.3, -0.25) is 0 Å². The van der Waals surface area contributed by atoms with Crippen molar-refractivity contribution in [1.29, 1.82) is 0 Å². The van der Waals surface area contributed by atoms with E-state index in [0.717, 1.165) is 25.0 Å². The minimum absolute atomic E-state index is 0.178. The minimum atomic E-state index is 0.178. The first-order valence-electron chi connectivity index (χ1n) is 6.59. The minimum Gasteiger partial charge on any atom is -0.496 e. The largest absolute Gasteiger partial charge is 0.496 e. The maximum Gasteiger partial charge on any atom is 0.185 e. The van der Waals surface area contributed by atoms with E-state index in [2.05, 4.69) is 15.5 Å². The van der Waals surface area contributed by atoms with Crippen LogP contribution in [0.25, 0.3) is 11.4 Å². The van der Waals surface area contributed by atoms with Crippen LogP contribution in [0.5, 0.6) is 5.75 Å². The molecule has 1 saturated heterocycles. The molecule has 7 nitrogen and oxygen atoms in total. The fourth-order valence-electron chi connectivity index (χ4n) is 2.39. The number of anilines is 1. The zero-order chi connectivity index (χ0) is 13.9. The molecule has 1 aliphatic heterocycles. The molecule has 2 N–H and O–H groups in total. The molecule has 0 saturated carbocycles. The van der Waals surface area contributed by atoms with E-state index in [-0.39, 0.29) is 6.10 Å². The van der Waals surface area contributed by atoms with Gasteiger partial charge in [-0.1, -0.05) is 0 Å². The molecule has 2 aromatic rings. The van der Waals surface area contributed by atoms with Crippen molar-refractivity contribution in [3.8, 4) is 17.1 Å². The van der Waals surface area contributed by atoms with Crippen LogP contribution in [0.3, 0.4) is 0 Å². The van der Waals surface area contributed by atoms with Gasteiger partial charge in [-0.05, 0) is 35.4 Å². The number of tetrazole rings is 1. The SMILES string of the molecule is COc1cc(N)ccc1-c1nnnn1CC1CCCO1. The Balaban J connectivity index is 1.92. The molecule has 1 aromatic carbocycles. The van der Waals surface area contributed by atoms with E-state index in [1.165, 1.54) is 0 Å². The quantitative estimate of drug-likeness (QED) is 0.841. The molecule has 1 unspecified atom stereocenters. The van der Waals surface area contributed by atoms with Gasteiger partial charge in [0.05, 0.1) is 25.3 Å². The number of nitrogen functional groups attached to an aromatic ring is 1. The van der Waals surface area contributed by atoms with Crippen LogP contribution in [0.15, 0.2) is 18.2 Å². The molecule has 0 radical (unpaired) electrons. The third kappa shape index (κ3) is 2.44. The summed E-state index contributed by atoms with van der Waals surface area (Å²) >= 11 is 0. The lowest BCUT2D eigenvalue weighted by atomic mass is 10.1. The highest BCUT2D eigenvalue weighted by molar-refractivity contribution is 5.67.